The minimum Gasteiger partial charge on any atom is -0.478 e. The van der Waals surface area contributed by atoms with Gasteiger partial charge in [0.15, 0.2) is 0 Å². The summed E-state index contributed by atoms with van der Waals surface area (Å²) in [4.78, 5) is 31.2. The highest BCUT2D eigenvalue weighted by Crippen LogP contribution is 2.49. The molecule has 3 heterocycles. The summed E-state index contributed by atoms with van der Waals surface area (Å²) in [6.07, 6.45) is 5.50. The van der Waals surface area contributed by atoms with Gasteiger partial charge in [-0.05, 0) is 61.9 Å². The SMILES string of the molecule is C[N+](C)=c1ccc2c(-c3c(Cl)ccc(Cl)c3C(=O)O)c3cc4c5c(c3oc-2c1)CCCN5CCCC4.O=C=O. The van der Waals surface area contributed by atoms with Crippen molar-refractivity contribution in [3.8, 4) is 22.5 Å². The molecule has 0 radical (unpaired) electrons. The molecule has 2 aromatic carbocycles. The zero-order valence-electron chi connectivity index (χ0n) is 21.6. The van der Waals surface area contributed by atoms with Crippen LogP contribution in [-0.2, 0) is 22.4 Å². The fourth-order valence-corrected chi connectivity index (χ4v) is 6.39. The van der Waals surface area contributed by atoms with E-state index >= 15 is 0 Å². The van der Waals surface area contributed by atoms with Gasteiger partial charge < -0.3 is 14.4 Å². The largest absolute Gasteiger partial charge is 0.478 e. The lowest BCUT2D eigenvalue weighted by molar-refractivity contribution is -0.191. The van der Waals surface area contributed by atoms with Crippen LogP contribution in [0.25, 0.3) is 33.4 Å². The molecule has 200 valence electrons. The van der Waals surface area contributed by atoms with E-state index in [-0.39, 0.29) is 16.7 Å². The van der Waals surface area contributed by atoms with Crippen molar-refractivity contribution in [1.29, 1.82) is 0 Å². The smallest absolute Gasteiger partial charge is 0.373 e. The summed E-state index contributed by atoms with van der Waals surface area (Å²) in [5.74, 6) is -0.412. The van der Waals surface area contributed by atoms with Crippen LogP contribution in [-0.4, -0.2) is 44.4 Å². The number of benzene rings is 3. The molecule has 0 bridgehead atoms. The predicted octanol–water partition coefficient (Wildman–Crippen LogP) is 5.75. The molecular formula is C30H27Cl2N2O5+. The van der Waals surface area contributed by atoms with Gasteiger partial charge in [-0.2, -0.15) is 9.59 Å². The molecule has 3 aliphatic heterocycles. The minimum atomic E-state index is -1.10. The molecule has 0 amide bonds. The third-order valence-electron chi connectivity index (χ3n) is 7.52. The quantitative estimate of drug-likeness (QED) is 0.246. The van der Waals surface area contributed by atoms with E-state index in [0.717, 1.165) is 72.6 Å². The van der Waals surface area contributed by atoms with Crippen molar-refractivity contribution in [1.82, 2.24) is 4.58 Å². The van der Waals surface area contributed by atoms with Gasteiger partial charge in [-0.1, -0.05) is 23.2 Å². The molecule has 1 N–H and O–H groups in total. The van der Waals surface area contributed by atoms with Crippen LogP contribution in [0.2, 0.25) is 10.0 Å². The molecule has 6 rings (SSSR count). The lowest BCUT2D eigenvalue weighted by Gasteiger charge is -2.33. The summed E-state index contributed by atoms with van der Waals surface area (Å²) in [6, 6.07) is 11.5. The van der Waals surface area contributed by atoms with E-state index in [0.29, 0.717) is 16.3 Å². The number of hydrogen-bond donors (Lipinski definition) is 1. The number of anilines is 1. The molecule has 4 aliphatic rings. The Morgan fingerprint density at radius 1 is 0.974 bits per heavy atom. The summed E-state index contributed by atoms with van der Waals surface area (Å²) >= 11 is 13.2. The molecule has 2 aromatic rings. The highest BCUT2D eigenvalue weighted by molar-refractivity contribution is 6.39. The second-order valence-corrected chi connectivity index (χ2v) is 10.8. The summed E-state index contributed by atoms with van der Waals surface area (Å²) in [6.45, 7) is 2.11. The average molecular weight is 566 g/mol. The molecule has 0 spiro atoms. The molecule has 7 nitrogen and oxygen atoms in total. The average Bonchev–Trinajstić information content (AvgIpc) is 3.12. The van der Waals surface area contributed by atoms with Gasteiger partial charge in [-0.15, -0.1) is 0 Å². The minimum absolute atomic E-state index is 0.0138. The van der Waals surface area contributed by atoms with Crippen molar-refractivity contribution in [2.75, 3.05) is 32.1 Å². The number of hydrogen-bond acceptors (Lipinski definition) is 5. The first-order valence-electron chi connectivity index (χ1n) is 12.8. The Morgan fingerprint density at radius 3 is 2.41 bits per heavy atom. The second-order valence-electron chi connectivity index (χ2n) is 10.0. The molecule has 0 saturated heterocycles. The molecule has 0 fully saturated rings. The molecular weight excluding hydrogens is 539 g/mol. The molecule has 1 aliphatic carbocycles. The predicted molar refractivity (Wildman–Crippen MR) is 151 cm³/mol. The van der Waals surface area contributed by atoms with Crippen LogP contribution < -0.4 is 14.8 Å². The number of halogens is 2. The first-order chi connectivity index (χ1) is 18.8. The number of aromatic carboxylic acids is 1. The maximum absolute atomic E-state index is 12.5. The Morgan fingerprint density at radius 2 is 1.69 bits per heavy atom. The number of nitrogens with zero attached hydrogens (tertiary/aromatic N) is 2. The maximum atomic E-state index is 12.5. The Hall–Kier alpha value is -3.64. The summed E-state index contributed by atoms with van der Waals surface area (Å²) in [7, 11) is 3.97. The number of rotatable bonds is 2. The van der Waals surface area contributed by atoms with E-state index in [2.05, 4.69) is 11.0 Å². The van der Waals surface area contributed by atoms with Gasteiger partial charge in [0.2, 0.25) is 5.36 Å². The van der Waals surface area contributed by atoms with E-state index in [9.17, 15) is 9.90 Å². The van der Waals surface area contributed by atoms with E-state index in [4.69, 9.17) is 37.2 Å². The van der Waals surface area contributed by atoms with Crippen LogP contribution in [0.5, 0.6) is 0 Å². The van der Waals surface area contributed by atoms with Gasteiger partial charge in [0.1, 0.15) is 25.4 Å². The van der Waals surface area contributed by atoms with E-state index in [1.165, 1.54) is 16.8 Å². The molecule has 9 heteroatoms. The Balaban J connectivity index is 0.000000983. The lowest BCUT2D eigenvalue weighted by Crippen LogP contribution is -2.30. The monoisotopic (exact) mass is 565 g/mol. The summed E-state index contributed by atoms with van der Waals surface area (Å²) < 4.78 is 8.73. The molecule has 39 heavy (non-hydrogen) atoms. The Labute approximate surface area is 235 Å². The third-order valence-corrected chi connectivity index (χ3v) is 8.15. The van der Waals surface area contributed by atoms with Crippen molar-refractivity contribution in [3.63, 3.8) is 0 Å². The van der Waals surface area contributed by atoms with Crippen molar-refractivity contribution in [3.05, 3.63) is 68.5 Å². The van der Waals surface area contributed by atoms with Crippen molar-refractivity contribution >= 4 is 52.0 Å². The van der Waals surface area contributed by atoms with Crippen molar-refractivity contribution in [2.24, 2.45) is 0 Å². The Kier molecular flexibility index (Phi) is 7.50. The van der Waals surface area contributed by atoms with Crippen LogP contribution in [0, 0.1) is 0 Å². The van der Waals surface area contributed by atoms with Gasteiger partial charge in [-0.3, -0.25) is 0 Å². The first-order valence-corrected chi connectivity index (χ1v) is 13.5. The molecule has 0 aromatic heterocycles. The number of aryl methyl sites for hydroxylation is 2. The van der Waals surface area contributed by atoms with Gasteiger partial charge >= 0.3 is 12.1 Å². The zero-order valence-corrected chi connectivity index (χ0v) is 23.2. The normalized spacial score (nSPS) is 14.2. The molecule has 0 atom stereocenters. The van der Waals surface area contributed by atoms with Crippen molar-refractivity contribution in [2.45, 2.75) is 32.1 Å². The zero-order chi connectivity index (χ0) is 27.8. The fourth-order valence-electron chi connectivity index (χ4n) is 5.90. The number of carbonyl (C=O) groups excluding carboxylic acids is 2. The third kappa shape index (κ3) is 4.71. The van der Waals surface area contributed by atoms with Crippen LogP contribution in [0.3, 0.4) is 0 Å². The van der Waals surface area contributed by atoms with Crippen LogP contribution in [0.1, 0.15) is 40.7 Å². The highest BCUT2D eigenvalue weighted by atomic mass is 35.5. The van der Waals surface area contributed by atoms with Crippen LogP contribution in [0.15, 0.2) is 40.8 Å². The fraction of sp³-hybridized carbons (Fsp3) is 0.300. The number of fused-ring (bicyclic) bond motifs is 3. The van der Waals surface area contributed by atoms with Crippen LogP contribution >= 0.6 is 23.2 Å². The lowest BCUT2D eigenvalue weighted by atomic mass is 9.86. The van der Waals surface area contributed by atoms with E-state index in [1.54, 1.807) is 12.1 Å². The molecule has 0 saturated carbocycles. The van der Waals surface area contributed by atoms with Crippen molar-refractivity contribution < 1.29 is 23.9 Å². The topological polar surface area (TPSA) is 90.8 Å². The standard InChI is InChI=1S/C29H26Cl2N2O3.CO2/c1-32(2)17-8-9-18-23(15-17)36-28-19-7-5-13-33-12-4-3-6-16(27(19)33)14-20(28)24(18)25-21(30)10-11-22(31)26(25)29(34)35;2-1-3/h8-11,14-15H,3-7,12-13H2,1-2H3;/p+1. The summed E-state index contributed by atoms with van der Waals surface area (Å²) in [5.41, 5.74) is 6.66. The summed E-state index contributed by atoms with van der Waals surface area (Å²) in [5, 5.41) is 12.6. The number of carbonyl (C=O) groups is 1. The highest BCUT2D eigenvalue weighted by Gasteiger charge is 2.31. The second kappa shape index (κ2) is 10.9. The van der Waals surface area contributed by atoms with E-state index < -0.39 is 5.97 Å². The first kappa shape index (κ1) is 26.9. The van der Waals surface area contributed by atoms with E-state index in [1.807, 2.05) is 36.9 Å². The van der Waals surface area contributed by atoms with Gasteiger partial charge in [-0.25, -0.2) is 9.37 Å². The number of carboxylic acid groups (broad SMARTS) is 1. The number of carboxylic acids is 1. The molecule has 0 unspecified atom stereocenters. The van der Waals surface area contributed by atoms with Crippen LogP contribution in [0.4, 0.5) is 5.69 Å². The maximum Gasteiger partial charge on any atom is 0.373 e. The van der Waals surface area contributed by atoms with Gasteiger partial charge in [0.05, 0.1) is 16.7 Å². The van der Waals surface area contributed by atoms with Gasteiger partial charge in [0.25, 0.3) is 0 Å². The van der Waals surface area contributed by atoms with Gasteiger partial charge in [0, 0.05) is 57.5 Å². The Bertz CT molecular complexity index is 1700.